The van der Waals surface area contributed by atoms with Gasteiger partial charge in [0.15, 0.2) is 5.58 Å². The molecule has 3 N–H and O–H groups in total. The molecule has 0 spiro atoms. The van der Waals surface area contributed by atoms with E-state index in [0.29, 0.717) is 11.1 Å². The van der Waals surface area contributed by atoms with Crippen molar-refractivity contribution in [3.63, 3.8) is 0 Å². The number of hydrogen-bond donors (Lipinski definition) is 3. The average molecular weight is 595 g/mol. The predicted molar refractivity (Wildman–Crippen MR) is 157 cm³/mol. The molecule has 3 rings (SSSR count). The van der Waals surface area contributed by atoms with Gasteiger partial charge in [-0.2, -0.15) is 0 Å². The minimum absolute atomic E-state index is 0.0189. The smallest absolute Gasteiger partial charge is 0.408 e. The molecule has 3 aromatic rings. The van der Waals surface area contributed by atoms with Gasteiger partial charge in [-0.1, -0.05) is 56.3 Å². The summed E-state index contributed by atoms with van der Waals surface area (Å²) in [5.74, 6) is -3.48. The molecule has 0 fully saturated rings. The van der Waals surface area contributed by atoms with E-state index in [2.05, 4.69) is 20.9 Å². The number of ketones is 1. The molecule has 0 aliphatic rings. The van der Waals surface area contributed by atoms with Crippen LogP contribution in [0.3, 0.4) is 0 Å². The van der Waals surface area contributed by atoms with Gasteiger partial charge in [0.25, 0.3) is 5.89 Å². The summed E-state index contributed by atoms with van der Waals surface area (Å²) in [6, 6.07) is 12.2. The highest BCUT2D eigenvalue weighted by Crippen LogP contribution is 2.18. The Morgan fingerprint density at radius 2 is 1.51 bits per heavy atom. The van der Waals surface area contributed by atoms with E-state index in [0.717, 1.165) is 5.56 Å². The number of aromatic nitrogens is 1. The van der Waals surface area contributed by atoms with Crippen molar-refractivity contribution in [1.29, 1.82) is 0 Å². The minimum Gasteiger partial charge on any atom is -0.460 e. The highest BCUT2D eigenvalue weighted by molar-refractivity contribution is 6.02. The molecular formula is C31H38N4O8. The van der Waals surface area contributed by atoms with Crippen molar-refractivity contribution in [2.24, 2.45) is 5.92 Å². The lowest BCUT2D eigenvalue weighted by atomic mass is 10.0. The Morgan fingerprint density at radius 3 is 2.14 bits per heavy atom. The average Bonchev–Trinajstić information content (AvgIpc) is 3.37. The van der Waals surface area contributed by atoms with Gasteiger partial charge in [-0.05, 0) is 51.3 Å². The van der Waals surface area contributed by atoms with Crippen molar-refractivity contribution in [3.05, 3.63) is 66.1 Å². The Morgan fingerprint density at radius 1 is 0.860 bits per heavy atom. The number of alkyl carbamates (subject to hydrolysis) is 1. The van der Waals surface area contributed by atoms with Gasteiger partial charge < -0.3 is 29.8 Å². The third-order valence-electron chi connectivity index (χ3n) is 6.12. The summed E-state index contributed by atoms with van der Waals surface area (Å²) in [5, 5.41) is 7.59. The molecule has 3 amide bonds. The molecular weight excluding hydrogens is 556 g/mol. The van der Waals surface area contributed by atoms with Gasteiger partial charge in [0, 0.05) is 0 Å². The molecule has 43 heavy (non-hydrogen) atoms. The van der Waals surface area contributed by atoms with Gasteiger partial charge in [0.1, 0.15) is 35.9 Å². The summed E-state index contributed by atoms with van der Waals surface area (Å²) in [7, 11) is 0. The van der Waals surface area contributed by atoms with Crippen LogP contribution < -0.4 is 16.0 Å². The minimum atomic E-state index is -1.39. The van der Waals surface area contributed by atoms with E-state index in [9.17, 15) is 24.0 Å². The molecule has 1 aromatic heterocycles. The second kappa shape index (κ2) is 14.4. The maximum Gasteiger partial charge on any atom is 0.408 e. The number of para-hydroxylation sites is 2. The number of ether oxygens (including phenoxy) is 2. The lowest BCUT2D eigenvalue weighted by Crippen LogP contribution is -2.56. The number of Topliss-reactive ketones (excluding diaryl/α,β-unsaturated/α-hetero) is 1. The van der Waals surface area contributed by atoms with E-state index >= 15 is 0 Å². The number of amides is 3. The number of benzene rings is 2. The van der Waals surface area contributed by atoms with Crippen LogP contribution >= 0.6 is 0 Å². The predicted octanol–water partition coefficient (Wildman–Crippen LogP) is 3.68. The van der Waals surface area contributed by atoms with Gasteiger partial charge in [-0.15, -0.1) is 0 Å². The number of fused-ring (bicyclic) bond motifs is 1. The largest absolute Gasteiger partial charge is 0.460 e. The fourth-order valence-electron chi connectivity index (χ4n) is 3.98. The fourth-order valence-corrected chi connectivity index (χ4v) is 3.98. The normalized spacial score (nSPS) is 13.5. The summed E-state index contributed by atoms with van der Waals surface area (Å²) >= 11 is 0. The SMILES string of the molecule is CC(C)[C@@H](NC(=O)OCc1ccccc1)C(=O)N[C@@H](C)C(=O)N[C@H](CC(=O)OC(C)(C)C)C(=O)c1nc2ccccc2o1. The zero-order valence-corrected chi connectivity index (χ0v) is 25.1. The van der Waals surface area contributed by atoms with E-state index in [1.54, 1.807) is 71.0 Å². The van der Waals surface area contributed by atoms with Crippen molar-refractivity contribution >= 4 is 40.8 Å². The Bertz CT molecular complexity index is 1410. The lowest BCUT2D eigenvalue weighted by molar-refractivity contribution is -0.155. The van der Waals surface area contributed by atoms with Crippen LogP contribution in [0.2, 0.25) is 0 Å². The molecule has 0 aliphatic carbocycles. The van der Waals surface area contributed by atoms with Crippen molar-refractivity contribution in [2.75, 3.05) is 0 Å². The van der Waals surface area contributed by atoms with E-state index < -0.39 is 59.8 Å². The second-order valence-corrected chi connectivity index (χ2v) is 11.4. The van der Waals surface area contributed by atoms with Crippen LogP contribution in [-0.2, 0) is 30.5 Å². The number of carbonyl (C=O) groups is 5. The highest BCUT2D eigenvalue weighted by Gasteiger charge is 2.33. The number of nitrogens with one attached hydrogen (secondary N) is 3. The molecule has 2 aromatic carbocycles. The fraction of sp³-hybridized carbons (Fsp3) is 0.419. The number of carbonyl (C=O) groups excluding carboxylic acids is 5. The topological polar surface area (TPSA) is 166 Å². The molecule has 0 saturated heterocycles. The molecule has 1 heterocycles. The van der Waals surface area contributed by atoms with Gasteiger partial charge in [0.2, 0.25) is 17.6 Å². The van der Waals surface area contributed by atoms with Gasteiger partial charge in [-0.25, -0.2) is 9.78 Å². The first kappa shape index (κ1) is 32.8. The van der Waals surface area contributed by atoms with Crippen LogP contribution in [0.25, 0.3) is 11.1 Å². The molecule has 12 heteroatoms. The first-order valence-electron chi connectivity index (χ1n) is 13.9. The van der Waals surface area contributed by atoms with Crippen LogP contribution in [0, 0.1) is 5.92 Å². The van der Waals surface area contributed by atoms with E-state index in [1.165, 1.54) is 6.92 Å². The van der Waals surface area contributed by atoms with Crippen LogP contribution in [0.1, 0.15) is 64.2 Å². The summed E-state index contributed by atoms with van der Waals surface area (Å²) < 4.78 is 16.1. The zero-order chi connectivity index (χ0) is 31.7. The quantitative estimate of drug-likeness (QED) is 0.209. The molecule has 230 valence electrons. The number of rotatable bonds is 12. The van der Waals surface area contributed by atoms with Crippen molar-refractivity contribution in [1.82, 2.24) is 20.9 Å². The maximum atomic E-state index is 13.4. The van der Waals surface area contributed by atoms with Crippen molar-refractivity contribution < 1.29 is 37.9 Å². The Labute approximate surface area is 249 Å². The molecule has 12 nitrogen and oxygen atoms in total. The number of esters is 1. The third-order valence-corrected chi connectivity index (χ3v) is 6.12. The molecule has 3 atom stereocenters. The first-order valence-corrected chi connectivity index (χ1v) is 13.9. The summed E-state index contributed by atoms with van der Waals surface area (Å²) in [4.78, 5) is 68.7. The highest BCUT2D eigenvalue weighted by atomic mass is 16.6. The van der Waals surface area contributed by atoms with Gasteiger partial charge >= 0.3 is 12.1 Å². The second-order valence-electron chi connectivity index (χ2n) is 11.4. The lowest BCUT2D eigenvalue weighted by Gasteiger charge is -2.25. The Kier molecular flexibility index (Phi) is 11.0. The first-order chi connectivity index (χ1) is 20.2. The zero-order valence-electron chi connectivity index (χ0n) is 25.1. The molecule has 0 aliphatic heterocycles. The molecule has 0 unspecified atom stereocenters. The number of oxazole rings is 1. The van der Waals surface area contributed by atoms with Crippen LogP contribution in [0.4, 0.5) is 4.79 Å². The number of hydrogen-bond acceptors (Lipinski definition) is 9. The Balaban J connectivity index is 1.67. The van der Waals surface area contributed by atoms with Gasteiger partial charge in [0.05, 0.1) is 6.42 Å². The standard InChI is InChI=1S/C31H38N4O8/c1-18(2)25(35-30(40)41-17-20-12-8-7-9-13-20)28(39)32-19(3)27(38)33-22(16-24(36)43-31(4,5)6)26(37)29-34-21-14-10-11-15-23(21)42-29/h7-15,18-19,22,25H,16-17H2,1-6H3,(H,32,39)(H,33,38)(H,35,40)/t19-,22+,25+/m0/s1. The molecule has 0 saturated carbocycles. The van der Waals surface area contributed by atoms with Crippen LogP contribution in [0.5, 0.6) is 0 Å². The van der Waals surface area contributed by atoms with E-state index in [4.69, 9.17) is 13.9 Å². The Hall–Kier alpha value is -4.74. The molecule has 0 bridgehead atoms. The van der Waals surface area contributed by atoms with Crippen molar-refractivity contribution in [3.8, 4) is 0 Å². The number of nitrogens with zero attached hydrogens (tertiary/aromatic N) is 1. The monoisotopic (exact) mass is 594 g/mol. The van der Waals surface area contributed by atoms with Gasteiger partial charge in [-0.3, -0.25) is 19.2 Å². The molecule has 0 radical (unpaired) electrons. The maximum absolute atomic E-state index is 13.4. The van der Waals surface area contributed by atoms with Crippen molar-refractivity contribution in [2.45, 2.75) is 78.3 Å². The summed E-state index contributed by atoms with van der Waals surface area (Å²) in [6.07, 6.45) is -1.29. The van der Waals surface area contributed by atoms with E-state index in [-0.39, 0.29) is 18.4 Å². The third kappa shape index (κ3) is 9.94. The van der Waals surface area contributed by atoms with E-state index in [1.807, 2.05) is 18.2 Å². The summed E-state index contributed by atoms with van der Waals surface area (Å²) in [6.45, 7) is 9.91. The van der Waals surface area contributed by atoms with Crippen LogP contribution in [-0.4, -0.2) is 58.4 Å². The summed E-state index contributed by atoms with van der Waals surface area (Å²) in [5.41, 5.74) is 0.753. The van der Waals surface area contributed by atoms with Crippen LogP contribution in [0.15, 0.2) is 59.0 Å².